The number of nitrogens with two attached hydrogens (primary N) is 1. The first kappa shape index (κ1) is 19.3. The van der Waals surface area contributed by atoms with Crippen LogP contribution in [0.2, 0.25) is 0 Å². The Balaban J connectivity index is 1.73. The third-order valence-corrected chi connectivity index (χ3v) is 6.45. The molecule has 2 aromatic rings. The number of aromatic nitrogens is 2. The standard InChI is InChI=1S/C20H14F3N5S/c21-10-19-6-17(19)20(11-22,28-18(25)29-19)15-5-12(2-4-16(15)23)1-3-13-8-27-14(7-24)9-26-13/h2,4-5,8-9,17H,6,10-11H2,(H2,25,28)/t17-,19-,20-/m1/s1. The molecule has 0 bridgehead atoms. The van der Waals surface area contributed by atoms with Gasteiger partial charge in [0, 0.05) is 17.0 Å². The van der Waals surface area contributed by atoms with Crippen LogP contribution >= 0.6 is 11.8 Å². The van der Waals surface area contributed by atoms with Gasteiger partial charge in [-0.1, -0.05) is 17.7 Å². The van der Waals surface area contributed by atoms with Gasteiger partial charge in [0.2, 0.25) is 0 Å². The van der Waals surface area contributed by atoms with Crippen LogP contribution in [0.4, 0.5) is 13.2 Å². The van der Waals surface area contributed by atoms with Crippen molar-refractivity contribution in [3.05, 3.63) is 58.9 Å². The predicted octanol–water partition coefficient (Wildman–Crippen LogP) is 2.84. The van der Waals surface area contributed by atoms with Crippen molar-refractivity contribution in [2.75, 3.05) is 13.3 Å². The summed E-state index contributed by atoms with van der Waals surface area (Å²) in [5.74, 6) is 4.47. The van der Waals surface area contributed by atoms with E-state index in [0.29, 0.717) is 17.7 Å². The summed E-state index contributed by atoms with van der Waals surface area (Å²) in [7, 11) is 0. The molecule has 3 atom stereocenters. The fourth-order valence-electron chi connectivity index (χ4n) is 3.65. The second-order valence-corrected chi connectivity index (χ2v) is 8.34. The number of nitriles is 1. The maximum atomic E-state index is 14.7. The number of halogens is 3. The fraction of sp³-hybridized carbons (Fsp3) is 0.300. The van der Waals surface area contributed by atoms with Gasteiger partial charge < -0.3 is 5.73 Å². The van der Waals surface area contributed by atoms with Crippen molar-refractivity contribution in [3.8, 4) is 17.9 Å². The van der Waals surface area contributed by atoms with Gasteiger partial charge in [-0.25, -0.2) is 28.1 Å². The second-order valence-electron chi connectivity index (χ2n) is 6.91. The molecule has 1 aromatic heterocycles. The number of hydrogen-bond donors (Lipinski definition) is 1. The lowest BCUT2D eigenvalue weighted by Crippen LogP contribution is -2.40. The molecule has 0 amide bonds. The molecule has 146 valence electrons. The maximum Gasteiger partial charge on any atom is 0.158 e. The Morgan fingerprint density at radius 1 is 1.17 bits per heavy atom. The molecule has 29 heavy (non-hydrogen) atoms. The average Bonchev–Trinajstić information content (AvgIpc) is 3.48. The van der Waals surface area contributed by atoms with Crippen LogP contribution in [0.15, 0.2) is 35.6 Å². The number of benzene rings is 1. The zero-order valence-electron chi connectivity index (χ0n) is 15.0. The molecule has 9 heteroatoms. The van der Waals surface area contributed by atoms with Crippen LogP contribution in [0.1, 0.15) is 28.9 Å². The van der Waals surface area contributed by atoms with E-state index in [1.807, 2.05) is 6.07 Å². The first-order valence-corrected chi connectivity index (χ1v) is 9.48. The number of hydrogen-bond acceptors (Lipinski definition) is 6. The maximum absolute atomic E-state index is 14.7. The third kappa shape index (κ3) is 3.22. The van der Waals surface area contributed by atoms with Crippen LogP contribution in [0.25, 0.3) is 0 Å². The van der Waals surface area contributed by atoms with E-state index < -0.39 is 35.4 Å². The normalized spacial score (nSPS) is 27.1. The molecular weight excluding hydrogens is 399 g/mol. The molecule has 5 nitrogen and oxygen atoms in total. The molecule has 0 radical (unpaired) electrons. The molecular formula is C20H14F3N5S. The van der Waals surface area contributed by atoms with Crippen LogP contribution in [0.3, 0.4) is 0 Å². The molecule has 4 rings (SSSR count). The summed E-state index contributed by atoms with van der Waals surface area (Å²) in [6.07, 6.45) is 3.01. The van der Waals surface area contributed by atoms with Crippen LogP contribution < -0.4 is 5.73 Å². The van der Waals surface area contributed by atoms with Crippen LogP contribution in [0, 0.1) is 34.9 Å². The average molecular weight is 413 g/mol. The molecule has 0 unspecified atom stereocenters. The van der Waals surface area contributed by atoms with Crippen molar-refractivity contribution in [2.45, 2.75) is 16.7 Å². The molecule has 0 spiro atoms. The fourth-order valence-corrected chi connectivity index (χ4v) is 4.92. The van der Waals surface area contributed by atoms with Crippen molar-refractivity contribution in [3.63, 3.8) is 0 Å². The summed E-state index contributed by atoms with van der Waals surface area (Å²) in [6, 6.07) is 5.92. The van der Waals surface area contributed by atoms with Gasteiger partial charge in [-0.3, -0.25) is 0 Å². The van der Waals surface area contributed by atoms with Gasteiger partial charge in [-0.05, 0) is 30.5 Å². The van der Waals surface area contributed by atoms with Gasteiger partial charge in [0.05, 0.1) is 17.1 Å². The molecule has 2 aliphatic rings. The quantitative estimate of drug-likeness (QED) is 0.782. The van der Waals surface area contributed by atoms with Gasteiger partial charge in [0.25, 0.3) is 0 Å². The van der Waals surface area contributed by atoms with Gasteiger partial charge in [0.1, 0.15) is 36.5 Å². The minimum atomic E-state index is -1.56. The summed E-state index contributed by atoms with van der Waals surface area (Å²) in [5, 5.41) is 8.80. The molecule has 1 fully saturated rings. The minimum absolute atomic E-state index is 0.0151. The summed E-state index contributed by atoms with van der Waals surface area (Å²) in [4.78, 5) is 12.1. The van der Waals surface area contributed by atoms with Crippen molar-refractivity contribution in [2.24, 2.45) is 16.6 Å². The first-order chi connectivity index (χ1) is 14.0. The van der Waals surface area contributed by atoms with Crippen molar-refractivity contribution in [1.82, 2.24) is 9.97 Å². The SMILES string of the molecule is N#Cc1cnc(C#Cc2ccc(F)c([C@@]3(CF)N=C(N)S[C@@]4(CF)C[C@H]43)c2)cn1. The summed E-state index contributed by atoms with van der Waals surface area (Å²) >= 11 is 1.09. The van der Waals surface area contributed by atoms with Crippen molar-refractivity contribution >= 4 is 16.9 Å². The van der Waals surface area contributed by atoms with Crippen molar-refractivity contribution in [1.29, 1.82) is 5.26 Å². The Kier molecular flexibility index (Phi) is 4.71. The predicted molar refractivity (Wildman–Crippen MR) is 103 cm³/mol. The van der Waals surface area contributed by atoms with Gasteiger partial charge in [0.15, 0.2) is 10.9 Å². The number of fused-ring (bicyclic) bond motifs is 1. The van der Waals surface area contributed by atoms with E-state index in [1.54, 1.807) is 0 Å². The van der Waals surface area contributed by atoms with E-state index in [0.717, 1.165) is 11.8 Å². The molecule has 1 aromatic carbocycles. The largest absolute Gasteiger partial charge is 0.378 e. The number of aliphatic imine (C=N–C) groups is 1. The molecule has 1 aliphatic carbocycles. The van der Waals surface area contributed by atoms with E-state index in [1.165, 1.54) is 30.6 Å². The van der Waals surface area contributed by atoms with E-state index in [2.05, 4.69) is 26.8 Å². The second kappa shape index (κ2) is 7.09. The molecule has 2 N–H and O–H groups in total. The van der Waals surface area contributed by atoms with Crippen LogP contribution in [-0.2, 0) is 5.54 Å². The topological polar surface area (TPSA) is 88.0 Å². The zero-order chi connectivity index (χ0) is 20.6. The number of amidine groups is 1. The summed E-state index contributed by atoms with van der Waals surface area (Å²) in [6.45, 7) is -1.67. The van der Waals surface area contributed by atoms with Crippen LogP contribution in [0.5, 0.6) is 0 Å². The molecule has 1 saturated carbocycles. The van der Waals surface area contributed by atoms with E-state index in [4.69, 9.17) is 11.0 Å². The Bertz CT molecular complexity index is 1100. The highest BCUT2D eigenvalue weighted by Crippen LogP contribution is 2.66. The lowest BCUT2D eigenvalue weighted by molar-refractivity contribution is 0.257. The van der Waals surface area contributed by atoms with Crippen LogP contribution in [-0.4, -0.2) is 33.2 Å². The van der Waals surface area contributed by atoms with E-state index in [-0.39, 0.29) is 16.4 Å². The van der Waals surface area contributed by atoms with Gasteiger partial charge >= 0.3 is 0 Å². The summed E-state index contributed by atoms with van der Waals surface area (Å²) in [5.41, 5.74) is 5.20. The summed E-state index contributed by atoms with van der Waals surface area (Å²) < 4.78 is 41.7. The highest BCUT2D eigenvalue weighted by molar-refractivity contribution is 8.15. The van der Waals surface area contributed by atoms with Gasteiger partial charge in [-0.15, -0.1) is 0 Å². The highest BCUT2D eigenvalue weighted by Gasteiger charge is 2.68. The Morgan fingerprint density at radius 2 is 1.93 bits per heavy atom. The number of rotatable bonds is 3. The first-order valence-electron chi connectivity index (χ1n) is 8.67. The minimum Gasteiger partial charge on any atom is -0.378 e. The van der Waals surface area contributed by atoms with Crippen molar-refractivity contribution < 1.29 is 13.2 Å². The zero-order valence-corrected chi connectivity index (χ0v) is 15.8. The monoisotopic (exact) mass is 413 g/mol. The number of thioether (sulfide) groups is 1. The Morgan fingerprint density at radius 3 is 2.59 bits per heavy atom. The highest BCUT2D eigenvalue weighted by atomic mass is 32.2. The number of alkyl halides is 2. The van der Waals surface area contributed by atoms with E-state index in [9.17, 15) is 13.2 Å². The third-order valence-electron chi connectivity index (χ3n) is 5.18. The molecule has 0 saturated heterocycles. The van der Waals surface area contributed by atoms with E-state index >= 15 is 0 Å². The molecule has 1 aliphatic heterocycles. The van der Waals surface area contributed by atoms with Gasteiger partial charge in [-0.2, -0.15) is 5.26 Å². The number of nitrogens with zero attached hydrogens (tertiary/aromatic N) is 4. The Hall–Kier alpha value is -3.04. The lowest BCUT2D eigenvalue weighted by atomic mass is 9.84. The molecule has 2 heterocycles. The Labute approximate surface area is 169 Å². The smallest absolute Gasteiger partial charge is 0.158 e. The lowest BCUT2D eigenvalue weighted by Gasteiger charge is -2.34.